The SMILES string of the molecule is CN1CCN(Cc2ccc(CNCCN)cc2)CC1. The second-order valence-corrected chi connectivity index (χ2v) is 5.36. The lowest BCUT2D eigenvalue weighted by atomic mass is 10.1. The zero-order valence-corrected chi connectivity index (χ0v) is 11.9. The van der Waals surface area contributed by atoms with Crippen molar-refractivity contribution in [3.8, 4) is 0 Å². The van der Waals surface area contributed by atoms with Crippen LogP contribution in [0.4, 0.5) is 0 Å². The highest BCUT2D eigenvalue weighted by molar-refractivity contribution is 5.22. The summed E-state index contributed by atoms with van der Waals surface area (Å²) in [5, 5.41) is 3.32. The molecule has 1 aliphatic rings. The summed E-state index contributed by atoms with van der Waals surface area (Å²) in [7, 11) is 2.19. The Balaban J connectivity index is 1.78. The van der Waals surface area contributed by atoms with Crippen molar-refractivity contribution in [1.29, 1.82) is 0 Å². The normalized spacial score (nSPS) is 17.8. The first-order chi connectivity index (χ1) is 9.28. The van der Waals surface area contributed by atoms with E-state index >= 15 is 0 Å². The van der Waals surface area contributed by atoms with Crippen LogP contribution in [0.5, 0.6) is 0 Å². The zero-order chi connectivity index (χ0) is 13.5. The third-order valence-corrected chi connectivity index (χ3v) is 3.68. The van der Waals surface area contributed by atoms with Crippen LogP contribution in [0.1, 0.15) is 11.1 Å². The smallest absolute Gasteiger partial charge is 0.0234 e. The lowest BCUT2D eigenvalue weighted by Gasteiger charge is -2.32. The number of benzene rings is 1. The summed E-state index contributed by atoms with van der Waals surface area (Å²) in [6.07, 6.45) is 0. The van der Waals surface area contributed by atoms with Crippen LogP contribution in [0.2, 0.25) is 0 Å². The Morgan fingerprint density at radius 3 is 2.32 bits per heavy atom. The molecule has 0 saturated carbocycles. The summed E-state index contributed by atoms with van der Waals surface area (Å²) in [6.45, 7) is 8.27. The zero-order valence-electron chi connectivity index (χ0n) is 11.9. The van der Waals surface area contributed by atoms with Crippen molar-refractivity contribution >= 4 is 0 Å². The number of nitrogens with zero attached hydrogens (tertiary/aromatic N) is 2. The Kier molecular flexibility index (Phi) is 5.79. The van der Waals surface area contributed by atoms with E-state index in [1.165, 1.54) is 37.3 Å². The highest BCUT2D eigenvalue weighted by Crippen LogP contribution is 2.09. The second-order valence-electron chi connectivity index (χ2n) is 5.36. The minimum Gasteiger partial charge on any atom is -0.329 e. The van der Waals surface area contributed by atoms with Crippen molar-refractivity contribution < 1.29 is 0 Å². The molecule has 1 aromatic carbocycles. The average Bonchev–Trinajstić information content (AvgIpc) is 2.44. The molecule has 0 bridgehead atoms. The van der Waals surface area contributed by atoms with E-state index in [1.807, 2.05) is 0 Å². The number of nitrogens with one attached hydrogen (secondary N) is 1. The molecule has 0 aromatic heterocycles. The van der Waals surface area contributed by atoms with Crippen LogP contribution in [-0.4, -0.2) is 56.1 Å². The molecule has 4 heteroatoms. The van der Waals surface area contributed by atoms with Crippen molar-refractivity contribution in [3.63, 3.8) is 0 Å². The molecule has 3 N–H and O–H groups in total. The molecule has 1 aliphatic heterocycles. The number of nitrogens with two attached hydrogens (primary N) is 1. The predicted molar refractivity (Wildman–Crippen MR) is 80.0 cm³/mol. The summed E-state index contributed by atoms with van der Waals surface area (Å²) in [5.41, 5.74) is 8.20. The van der Waals surface area contributed by atoms with Crippen LogP contribution in [0.3, 0.4) is 0 Å². The van der Waals surface area contributed by atoms with Crippen LogP contribution in [0, 0.1) is 0 Å². The van der Waals surface area contributed by atoms with Crippen LogP contribution in [-0.2, 0) is 13.1 Å². The van der Waals surface area contributed by atoms with E-state index in [0.717, 1.165) is 19.6 Å². The Hall–Kier alpha value is -0.940. The molecule has 2 rings (SSSR count). The first kappa shape index (κ1) is 14.5. The Labute approximate surface area is 116 Å². The maximum Gasteiger partial charge on any atom is 0.0234 e. The standard InChI is InChI=1S/C15H26N4/c1-18-8-10-19(11-9-18)13-15-4-2-14(3-5-15)12-17-7-6-16/h2-5,17H,6-13,16H2,1H3. The summed E-state index contributed by atoms with van der Waals surface area (Å²) in [5.74, 6) is 0. The van der Waals surface area contributed by atoms with Gasteiger partial charge in [-0.25, -0.2) is 0 Å². The van der Waals surface area contributed by atoms with Crippen LogP contribution < -0.4 is 11.1 Å². The maximum atomic E-state index is 5.46. The van der Waals surface area contributed by atoms with Crippen molar-refractivity contribution in [1.82, 2.24) is 15.1 Å². The third kappa shape index (κ3) is 4.91. The topological polar surface area (TPSA) is 44.5 Å². The van der Waals surface area contributed by atoms with Gasteiger partial charge >= 0.3 is 0 Å². The second kappa shape index (κ2) is 7.60. The van der Waals surface area contributed by atoms with Crippen LogP contribution in [0.25, 0.3) is 0 Å². The fourth-order valence-corrected chi connectivity index (χ4v) is 2.36. The van der Waals surface area contributed by atoms with Gasteiger partial charge in [0.2, 0.25) is 0 Å². The fraction of sp³-hybridized carbons (Fsp3) is 0.600. The van der Waals surface area contributed by atoms with Crippen LogP contribution >= 0.6 is 0 Å². The van der Waals surface area contributed by atoms with Gasteiger partial charge in [-0.2, -0.15) is 0 Å². The van der Waals surface area contributed by atoms with Crippen molar-refractivity contribution in [2.24, 2.45) is 5.73 Å². The first-order valence-electron chi connectivity index (χ1n) is 7.17. The van der Waals surface area contributed by atoms with Crippen molar-refractivity contribution in [3.05, 3.63) is 35.4 Å². The van der Waals surface area contributed by atoms with Crippen molar-refractivity contribution in [2.75, 3.05) is 46.3 Å². The van der Waals surface area contributed by atoms with Gasteiger partial charge in [-0.3, -0.25) is 4.90 Å². The van der Waals surface area contributed by atoms with Gasteiger partial charge in [0.25, 0.3) is 0 Å². The molecule has 0 radical (unpaired) electrons. The van der Waals surface area contributed by atoms with E-state index in [9.17, 15) is 0 Å². The van der Waals surface area contributed by atoms with Crippen molar-refractivity contribution in [2.45, 2.75) is 13.1 Å². The Bertz CT molecular complexity index is 355. The number of piperazine rings is 1. The molecule has 0 atom stereocenters. The summed E-state index contributed by atoms with van der Waals surface area (Å²) in [4.78, 5) is 4.92. The lowest BCUT2D eigenvalue weighted by molar-refractivity contribution is 0.148. The predicted octanol–water partition coefficient (Wildman–Crippen LogP) is 0.482. The van der Waals surface area contributed by atoms with Crippen LogP contribution in [0.15, 0.2) is 24.3 Å². The van der Waals surface area contributed by atoms with Gasteiger partial charge in [-0.1, -0.05) is 24.3 Å². The molecule has 0 spiro atoms. The number of likely N-dealkylation sites (N-methyl/N-ethyl adjacent to an activating group) is 1. The first-order valence-corrected chi connectivity index (χ1v) is 7.17. The summed E-state index contributed by atoms with van der Waals surface area (Å²) >= 11 is 0. The number of hydrogen-bond acceptors (Lipinski definition) is 4. The van der Waals surface area contributed by atoms with E-state index in [1.54, 1.807) is 0 Å². The minimum absolute atomic E-state index is 0.696. The van der Waals surface area contributed by atoms with E-state index in [4.69, 9.17) is 5.73 Å². The lowest BCUT2D eigenvalue weighted by Crippen LogP contribution is -2.43. The third-order valence-electron chi connectivity index (χ3n) is 3.68. The Morgan fingerprint density at radius 2 is 1.68 bits per heavy atom. The minimum atomic E-state index is 0.696. The molecular weight excluding hydrogens is 236 g/mol. The quantitative estimate of drug-likeness (QED) is 0.732. The van der Waals surface area contributed by atoms with Gasteiger partial charge in [0.05, 0.1) is 0 Å². The molecule has 1 aromatic rings. The van der Waals surface area contributed by atoms with Gasteiger partial charge < -0.3 is 16.0 Å². The number of rotatable bonds is 6. The van der Waals surface area contributed by atoms with Gasteiger partial charge in [0, 0.05) is 52.4 Å². The van der Waals surface area contributed by atoms with Gasteiger partial charge in [-0.15, -0.1) is 0 Å². The average molecular weight is 262 g/mol. The molecule has 106 valence electrons. The largest absolute Gasteiger partial charge is 0.329 e. The molecule has 1 heterocycles. The van der Waals surface area contributed by atoms with E-state index < -0.39 is 0 Å². The fourth-order valence-electron chi connectivity index (χ4n) is 2.36. The molecule has 1 fully saturated rings. The summed E-state index contributed by atoms with van der Waals surface area (Å²) < 4.78 is 0. The van der Waals surface area contributed by atoms with Gasteiger partial charge in [0.15, 0.2) is 0 Å². The highest BCUT2D eigenvalue weighted by Gasteiger charge is 2.13. The van der Waals surface area contributed by atoms with Gasteiger partial charge in [0.1, 0.15) is 0 Å². The monoisotopic (exact) mass is 262 g/mol. The van der Waals surface area contributed by atoms with E-state index in [2.05, 4.69) is 46.4 Å². The molecule has 4 nitrogen and oxygen atoms in total. The molecular formula is C15H26N4. The highest BCUT2D eigenvalue weighted by atomic mass is 15.2. The molecule has 1 saturated heterocycles. The molecule has 0 unspecified atom stereocenters. The van der Waals surface area contributed by atoms with E-state index in [-0.39, 0.29) is 0 Å². The number of hydrogen-bond donors (Lipinski definition) is 2. The Morgan fingerprint density at radius 1 is 1.05 bits per heavy atom. The van der Waals surface area contributed by atoms with Gasteiger partial charge in [-0.05, 0) is 18.2 Å². The molecule has 19 heavy (non-hydrogen) atoms. The molecule has 0 aliphatic carbocycles. The molecule has 0 amide bonds. The summed E-state index contributed by atoms with van der Waals surface area (Å²) in [6, 6.07) is 8.93. The van der Waals surface area contributed by atoms with E-state index in [0.29, 0.717) is 6.54 Å². The maximum absolute atomic E-state index is 5.46.